The van der Waals surface area contributed by atoms with Crippen LogP contribution in [0.3, 0.4) is 0 Å². The smallest absolute Gasteiger partial charge is 0.262 e. The van der Waals surface area contributed by atoms with Crippen LogP contribution in [0.1, 0.15) is 56.3 Å². The summed E-state index contributed by atoms with van der Waals surface area (Å²) in [6, 6.07) is 5.36. The van der Waals surface area contributed by atoms with Crippen molar-refractivity contribution >= 4 is 29.0 Å². The van der Waals surface area contributed by atoms with E-state index in [-0.39, 0.29) is 17.5 Å². The maximum absolute atomic E-state index is 12.8. The Kier molecular flexibility index (Phi) is 7.02. The summed E-state index contributed by atoms with van der Waals surface area (Å²) in [6.07, 6.45) is 5.28. The van der Waals surface area contributed by atoms with Crippen molar-refractivity contribution in [1.29, 1.82) is 0 Å². The number of amides is 1. The summed E-state index contributed by atoms with van der Waals surface area (Å²) in [5.74, 6) is 0.397. The number of hydrogen-bond donors (Lipinski definition) is 2. The lowest BCUT2D eigenvalue weighted by molar-refractivity contribution is 0.0910. The Morgan fingerprint density at radius 3 is 2.89 bits per heavy atom. The van der Waals surface area contributed by atoms with E-state index < -0.39 is 0 Å². The first-order valence-corrected chi connectivity index (χ1v) is 10.6. The zero-order valence-corrected chi connectivity index (χ0v) is 17.4. The molecule has 6 nitrogen and oxygen atoms in total. The number of aromatic nitrogens is 2. The fourth-order valence-corrected chi connectivity index (χ4v) is 4.13. The average molecular weight is 404 g/mol. The molecule has 2 aromatic rings. The van der Waals surface area contributed by atoms with Crippen molar-refractivity contribution in [2.45, 2.75) is 58.5 Å². The molecule has 2 atom stereocenters. The molecule has 0 spiro atoms. The molecule has 0 aliphatic heterocycles. The predicted octanol–water partition coefficient (Wildman–Crippen LogP) is 3.79. The summed E-state index contributed by atoms with van der Waals surface area (Å²) < 4.78 is 7.25. The van der Waals surface area contributed by atoms with Gasteiger partial charge in [-0.15, -0.1) is 0 Å². The molecule has 2 N–H and O–H groups in total. The number of fused-ring (bicyclic) bond motifs is 1. The second kappa shape index (κ2) is 9.47. The zero-order chi connectivity index (χ0) is 20.1. The Balaban J connectivity index is 1.80. The molecule has 1 amide bonds. The van der Waals surface area contributed by atoms with Crippen LogP contribution in [0, 0.1) is 10.7 Å². The molecule has 1 saturated carbocycles. The number of nitrogens with zero attached hydrogens (tertiary/aromatic N) is 1. The third-order valence-corrected chi connectivity index (χ3v) is 5.87. The number of H-pyrrole nitrogens is 1. The van der Waals surface area contributed by atoms with Gasteiger partial charge in [0.15, 0.2) is 4.77 Å². The Morgan fingerprint density at radius 2 is 2.14 bits per heavy atom. The molecule has 1 heterocycles. The van der Waals surface area contributed by atoms with Crippen molar-refractivity contribution in [3.05, 3.63) is 38.9 Å². The van der Waals surface area contributed by atoms with Crippen LogP contribution in [-0.2, 0) is 11.3 Å². The number of carbonyl (C=O) groups excluding carboxylic acids is 1. The molecule has 0 unspecified atom stereocenters. The summed E-state index contributed by atoms with van der Waals surface area (Å²) in [5.41, 5.74) is 1.01. The van der Waals surface area contributed by atoms with Gasteiger partial charge in [-0.2, -0.15) is 0 Å². The number of ether oxygens (including phenoxy) is 1. The Morgan fingerprint density at radius 1 is 1.36 bits per heavy atom. The predicted molar refractivity (Wildman–Crippen MR) is 113 cm³/mol. The van der Waals surface area contributed by atoms with Crippen LogP contribution in [0.15, 0.2) is 23.0 Å². The van der Waals surface area contributed by atoms with Crippen LogP contribution in [0.2, 0.25) is 0 Å². The van der Waals surface area contributed by atoms with Crippen LogP contribution >= 0.6 is 12.2 Å². The largest absolute Gasteiger partial charge is 0.382 e. The van der Waals surface area contributed by atoms with Crippen LogP contribution in [0.25, 0.3) is 10.9 Å². The van der Waals surface area contributed by atoms with Crippen LogP contribution in [0.5, 0.6) is 0 Å². The van der Waals surface area contributed by atoms with Crippen molar-refractivity contribution in [2.24, 2.45) is 5.92 Å². The summed E-state index contributed by atoms with van der Waals surface area (Å²) in [7, 11) is 0. The van der Waals surface area contributed by atoms with E-state index in [1.165, 1.54) is 6.42 Å². The number of rotatable bonds is 7. The van der Waals surface area contributed by atoms with Gasteiger partial charge in [-0.05, 0) is 62.5 Å². The van der Waals surface area contributed by atoms with Gasteiger partial charge in [0.2, 0.25) is 0 Å². The van der Waals surface area contributed by atoms with Crippen molar-refractivity contribution < 1.29 is 9.53 Å². The SMILES string of the molecule is CCOCCCn1c(=S)[nH]c2cc(C(=O)N[C@@H]3CCCC[C@H]3C)ccc2c1=O. The molecule has 1 fully saturated rings. The van der Waals surface area contributed by atoms with E-state index in [1.807, 2.05) is 6.92 Å². The summed E-state index contributed by atoms with van der Waals surface area (Å²) in [5, 5.41) is 3.69. The van der Waals surface area contributed by atoms with Gasteiger partial charge in [-0.3, -0.25) is 14.2 Å². The van der Waals surface area contributed by atoms with E-state index in [0.717, 1.165) is 25.7 Å². The van der Waals surface area contributed by atoms with Gasteiger partial charge >= 0.3 is 0 Å². The lowest BCUT2D eigenvalue weighted by Crippen LogP contribution is -2.41. The molecule has 1 aliphatic rings. The first-order chi connectivity index (χ1) is 13.5. The fraction of sp³-hybridized carbons (Fsp3) is 0.571. The van der Waals surface area contributed by atoms with Gasteiger partial charge in [0.25, 0.3) is 11.5 Å². The third-order valence-electron chi connectivity index (χ3n) is 5.55. The minimum atomic E-state index is -0.136. The molecule has 7 heteroatoms. The molecule has 1 aromatic heterocycles. The van der Waals surface area contributed by atoms with Gasteiger partial charge in [-0.25, -0.2) is 0 Å². The van der Waals surface area contributed by atoms with E-state index in [1.54, 1.807) is 22.8 Å². The molecule has 3 rings (SSSR count). The van der Waals surface area contributed by atoms with Crippen molar-refractivity contribution in [2.75, 3.05) is 13.2 Å². The molecular weight excluding hydrogens is 374 g/mol. The number of aromatic amines is 1. The Hall–Kier alpha value is -1.99. The van der Waals surface area contributed by atoms with Crippen molar-refractivity contribution in [3.63, 3.8) is 0 Å². The van der Waals surface area contributed by atoms with E-state index in [0.29, 0.717) is 46.9 Å². The van der Waals surface area contributed by atoms with Crippen LogP contribution in [0.4, 0.5) is 0 Å². The fourth-order valence-electron chi connectivity index (χ4n) is 3.85. The van der Waals surface area contributed by atoms with Gasteiger partial charge in [0.1, 0.15) is 0 Å². The maximum Gasteiger partial charge on any atom is 0.262 e. The minimum Gasteiger partial charge on any atom is -0.382 e. The molecule has 1 aliphatic carbocycles. The molecular formula is C21H29N3O3S. The maximum atomic E-state index is 12.8. The second-order valence-electron chi connectivity index (χ2n) is 7.54. The lowest BCUT2D eigenvalue weighted by atomic mass is 9.86. The van der Waals surface area contributed by atoms with E-state index in [9.17, 15) is 9.59 Å². The van der Waals surface area contributed by atoms with Gasteiger partial charge in [-0.1, -0.05) is 19.8 Å². The highest BCUT2D eigenvalue weighted by atomic mass is 32.1. The Bertz CT molecular complexity index is 950. The summed E-state index contributed by atoms with van der Waals surface area (Å²) in [6.45, 7) is 5.89. The number of hydrogen-bond acceptors (Lipinski definition) is 4. The quantitative estimate of drug-likeness (QED) is 0.545. The number of nitrogens with one attached hydrogen (secondary N) is 2. The average Bonchev–Trinajstić information content (AvgIpc) is 2.68. The van der Waals surface area contributed by atoms with Gasteiger partial charge in [0.05, 0.1) is 10.9 Å². The molecule has 1 aromatic carbocycles. The standard InChI is InChI=1S/C21H29N3O3S/c1-3-27-12-6-11-24-20(26)16-10-9-15(13-18(16)23-21(24)28)19(25)22-17-8-5-4-7-14(17)2/h9-10,13-14,17H,3-8,11-12H2,1-2H3,(H,22,25)(H,23,28)/t14-,17-/m1/s1. The minimum absolute atomic E-state index is 0.0964. The van der Waals surface area contributed by atoms with E-state index in [2.05, 4.69) is 17.2 Å². The molecule has 0 bridgehead atoms. The van der Waals surface area contributed by atoms with Crippen molar-refractivity contribution in [1.82, 2.24) is 14.9 Å². The van der Waals surface area contributed by atoms with Crippen molar-refractivity contribution in [3.8, 4) is 0 Å². The molecule has 0 radical (unpaired) electrons. The summed E-state index contributed by atoms with van der Waals surface area (Å²) in [4.78, 5) is 28.6. The monoisotopic (exact) mass is 403 g/mol. The van der Waals surface area contributed by atoms with Gasteiger partial charge < -0.3 is 15.0 Å². The summed E-state index contributed by atoms with van der Waals surface area (Å²) >= 11 is 5.37. The highest BCUT2D eigenvalue weighted by molar-refractivity contribution is 7.71. The highest BCUT2D eigenvalue weighted by Crippen LogP contribution is 2.24. The van der Waals surface area contributed by atoms with E-state index >= 15 is 0 Å². The highest BCUT2D eigenvalue weighted by Gasteiger charge is 2.23. The molecule has 0 saturated heterocycles. The van der Waals surface area contributed by atoms with Gasteiger partial charge in [0, 0.05) is 31.4 Å². The molecule has 28 heavy (non-hydrogen) atoms. The normalized spacial score (nSPS) is 19.6. The second-order valence-corrected chi connectivity index (χ2v) is 7.93. The number of carbonyl (C=O) groups is 1. The van der Waals surface area contributed by atoms with E-state index in [4.69, 9.17) is 17.0 Å². The first kappa shape index (κ1) is 20.7. The zero-order valence-electron chi connectivity index (χ0n) is 16.6. The third kappa shape index (κ3) is 4.70. The van der Waals surface area contributed by atoms with Crippen LogP contribution in [-0.4, -0.2) is 34.7 Å². The first-order valence-electron chi connectivity index (χ1n) is 10.2. The van der Waals surface area contributed by atoms with Crippen LogP contribution < -0.4 is 10.9 Å². The number of benzene rings is 1. The lowest BCUT2D eigenvalue weighted by Gasteiger charge is -2.29. The Labute approximate surface area is 170 Å². The molecule has 152 valence electrons. The topological polar surface area (TPSA) is 76.1 Å².